The van der Waals surface area contributed by atoms with Crippen molar-refractivity contribution < 1.29 is 14.4 Å². The van der Waals surface area contributed by atoms with Crippen molar-refractivity contribution in [3.05, 3.63) is 46.2 Å². The Kier molecular flexibility index (Phi) is 4.82. The molecule has 1 aliphatic carbocycles. The molecule has 2 N–H and O–H groups in total. The summed E-state index contributed by atoms with van der Waals surface area (Å²) in [6.45, 7) is 3.69. The third-order valence-electron chi connectivity index (χ3n) is 5.66. The Labute approximate surface area is 173 Å². The Bertz CT molecular complexity index is 992. The number of urea groups is 1. The number of benzene rings is 1. The molecule has 9 heteroatoms. The molecule has 1 aromatic carbocycles. The van der Waals surface area contributed by atoms with Gasteiger partial charge < -0.3 is 5.32 Å². The first-order chi connectivity index (χ1) is 13.8. The molecule has 1 spiro atoms. The van der Waals surface area contributed by atoms with Crippen LogP contribution in [0.5, 0.6) is 0 Å². The van der Waals surface area contributed by atoms with Gasteiger partial charge in [0, 0.05) is 5.56 Å². The van der Waals surface area contributed by atoms with Crippen molar-refractivity contribution in [1.29, 1.82) is 0 Å². The molecule has 0 atom stereocenters. The van der Waals surface area contributed by atoms with E-state index >= 15 is 0 Å². The Morgan fingerprint density at radius 3 is 2.38 bits per heavy atom. The third kappa shape index (κ3) is 3.27. The van der Waals surface area contributed by atoms with Gasteiger partial charge in [0.1, 0.15) is 5.54 Å². The SMILES string of the molecule is Cc1nn(-c2ccc(C(=O)NN3C(=O)NC4(CCCCC4)C3=O)cc2)c(C)c1Cl. The van der Waals surface area contributed by atoms with E-state index in [0.717, 1.165) is 41.3 Å². The summed E-state index contributed by atoms with van der Waals surface area (Å²) in [5.41, 5.74) is 4.17. The van der Waals surface area contributed by atoms with E-state index in [2.05, 4.69) is 15.8 Å². The Hall–Kier alpha value is -2.87. The van der Waals surface area contributed by atoms with Crippen molar-refractivity contribution in [3.8, 4) is 5.69 Å². The van der Waals surface area contributed by atoms with Gasteiger partial charge in [0.2, 0.25) is 0 Å². The number of aryl methyl sites for hydroxylation is 1. The Balaban J connectivity index is 1.49. The second kappa shape index (κ2) is 7.18. The lowest BCUT2D eigenvalue weighted by molar-refractivity contribution is -0.134. The highest BCUT2D eigenvalue weighted by atomic mass is 35.5. The second-order valence-corrected chi connectivity index (χ2v) is 7.98. The number of nitrogens with zero attached hydrogens (tertiary/aromatic N) is 3. The number of rotatable bonds is 3. The van der Waals surface area contributed by atoms with Crippen LogP contribution in [0.1, 0.15) is 53.8 Å². The van der Waals surface area contributed by atoms with Crippen LogP contribution in [-0.2, 0) is 4.79 Å². The van der Waals surface area contributed by atoms with Gasteiger partial charge >= 0.3 is 6.03 Å². The van der Waals surface area contributed by atoms with Crippen LogP contribution in [-0.4, -0.2) is 38.2 Å². The van der Waals surface area contributed by atoms with Crippen molar-refractivity contribution in [2.75, 3.05) is 0 Å². The van der Waals surface area contributed by atoms with E-state index in [9.17, 15) is 14.4 Å². The molecule has 4 amide bonds. The van der Waals surface area contributed by atoms with Crippen molar-refractivity contribution in [1.82, 2.24) is 25.5 Å². The summed E-state index contributed by atoms with van der Waals surface area (Å²) >= 11 is 6.19. The lowest BCUT2D eigenvalue weighted by Crippen LogP contribution is -2.50. The quantitative estimate of drug-likeness (QED) is 0.753. The lowest BCUT2D eigenvalue weighted by atomic mass is 9.82. The molecule has 2 fully saturated rings. The molecular weight excluding hydrogens is 394 g/mol. The first-order valence-corrected chi connectivity index (χ1v) is 10.00. The molecule has 2 heterocycles. The molecule has 1 aromatic heterocycles. The average Bonchev–Trinajstić information content (AvgIpc) is 3.11. The molecule has 2 aromatic rings. The molecule has 4 rings (SSSR count). The van der Waals surface area contributed by atoms with E-state index in [1.165, 1.54) is 0 Å². The molecule has 152 valence electrons. The molecular formula is C20H22ClN5O3. The number of hydrogen-bond acceptors (Lipinski definition) is 4. The van der Waals surface area contributed by atoms with Crippen molar-refractivity contribution in [2.45, 2.75) is 51.5 Å². The van der Waals surface area contributed by atoms with Crippen LogP contribution in [0.2, 0.25) is 5.02 Å². The number of imide groups is 1. The minimum absolute atomic E-state index is 0.326. The minimum atomic E-state index is -0.874. The van der Waals surface area contributed by atoms with Crippen LogP contribution in [0.25, 0.3) is 5.69 Å². The number of aromatic nitrogens is 2. The van der Waals surface area contributed by atoms with Gasteiger partial charge in [-0.15, -0.1) is 0 Å². The number of amides is 4. The van der Waals surface area contributed by atoms with Crippen LogP contribution in [0.3, 0.4) is 0 Å². The molecule has 1 saturated carbocycles. The van der Waals surface area contributed by atoms with Gasteiger partial charge in [-0.1, -0.05) is 30.9 Å². The monoisotopic (exact) mass is 415 g/mol. The number of hydrazine groups is 1. The maximum Gasteiger partial charge on any atom is 0.344 e. The first-order valence-electron chi connectivity index (χ1n) is 9.62. The summed E-state index contributed by atoms with van der Waals surface area (Å²) < 4.78 is 1.70. The lowest BCUT2D eigenvalue weighted by Gasteiger charge is -2.30. The molecule has 0 radical (unpaired) electrons. The van der Waals surface area contributed by atoms with Gasteiger partial charge in [-0.25, -0.2) is 9.48 Å². The van der Waals surface area contributed by atoms with E-state index in [1.807, 2.05) is 13.8 Å². The van der Waals surface area contributed by atoms with Crippen LogP contribution in [0, 0.1) is 13.8 Å². The predicted octanol–water partition coefficient (Wildman–Crippen LogP) is 3.04. The zero-order valence-corrected chi connectivity index (χ0v) is 17.0. The highest BCUT2D eigenvalue weighted by Crippen LogP contribution is 2.33. The maximum atomic E-state index is 12.8. The van der Waals surface area contributed by atoms with E-state index < -0.39 is 17.5 Å². The highest BCUT2D eigenvalue weighted by Gasteiger charge is 2.52. The van der Waals surface area contributed by atoms with E-state index in [0.29, 0.717) is 23.4 Å². The van der Waals surface area contributed by atoms with E-state index in [1.54, 1.807) is 28.9 Å². The van der Waals surface area contributed by atoms with Crippen LogP contribution in [0.4, 0.5) is 4.79 Å². The number of carbonyl (C=O) groups is 3. The zero-order valence-electron chi connectivity index (χ0n) is 16.3. The Morgan fingerprint density at radius 1 is 1.14 bits per heavy atom. The summed E-state index contributed by atoms with van der Waals surface area (Å²) in [7, 11) is 0. The fraction of sp³-hybridized carbons (Fsp3) is 0.400. The average molecular weight is 416 g/mol. The summed E-state index contributed by atoms with van der Waals surface area (Å²) in [5.74, 6) is -0.913. The van der Waals surface area contributed by atoms with Gasteiger partial charge in [0.05, 0.1) is 22.1 Å². The van der Waals surface area contributed by atoms with Gasteiger partial charge in [-0.05, 0) is 51.0 Å². The number of hydrogen-bond donors (Lipinski definition) is 2. The number of carbonyl (C=O) groups excluding carboxylic acids is 3. The highest BCUT2D eigenvalue weighted by molar-refractivity contribution is 6.31. The standard InChI is InChI=1S/C20H22ClN5O3/c1-12-16(21)13(2)25(23-12)15-8-6-14(7-9-15)17(27)24-26-18(28)20(22-19(26)29)10-4-3-5-11-20/h6-9H,3-5,10-11H2,1-2H3,(H,22,29)(H,24,27). The third-order valence-corrected chi connectivity index (χ3v) is 6.21. The van der Waals surface area contributed by atoms with E-state index in [-0.39, 0.29) is 5.91 Å². The largest absolute Gasteiger partial charge is 0.344 e. The zero-order chi connectivity index (χ0) is 20.8. The molecule has 29 heavy (non-hydrogen) atoms. The van der Waals surface area contributed by atoms with Crippen LogP contribution in [0.15, 0.2) is 24.3 Å². The van der Waals surface area contributed by atoms with Crippen molar-refractivity contribution in [3.63, 3.8) is 0 Å². The molecule has 0 bridgehead atoms. The summed E-state index contributed by atoms with van der Waals surface area (Å²) in [6.07, 6.45) is 4.01. The van der Waals surface area contributed by atoms with Crippen molar-refractivity contribution in [2.24, 2.45) is 0 Å². The minimum Gasteiger partial charge on any atom is -0.322 e. The predicted molar refractivity (Wildman–Crippen MR) is 107 cm³/mol. The van der Waals surface area contributed by atoms with Gasteiger partial charge in [-0.2, -0.15) is 10.1 Å². The summed E-state index contributed by atoms with van der Waals surface area (Å²) in [4.78, 5) is 37.7. The van der Waals surface area contributed by atoms with Crippen LogP contribution < -0.4 is 10.7 Å². The number of nitrogens with one attached hydrogen (secondary N) is 2. The number of halogens is 1. The smallest absolute Gasteiger partial charge is 0.322 e. The summed E-state index contributed by atoms with van der Waals surface area (Å²) in [5, 5.41) is 8.56. The topological polar surface area (TPSA) is 96.3 Å². The fourth-order valence-electron chi connectivity index (χ4n) is 4.01. The first kappa shape index (κ1) is 19.4. The Morgan fingerprint density at radius 2 is 1.79 bits per heavy atom. The molecule has 1 aliphatic heterocycles. The van der Waals surface area contributed by atoms with Crippen molar-refractivity contribution >= 4 is 29.4 Å². The van der Waals surface area contributed by atoms with Gasteiger partial charge in [0.25, 0.3) is 11.8 Å². The second-order valence-electron chi connectivity index (χ2n) is 7.60. The van der Waals surface area contributed by atoms with Gasteiger partial charge in [-0.3, -0.25) is 15.0 Å². The summed E-state index contributed by atoms with van der Waals surface area (Å²) in [6, 6.07) is 6.12. The molecule has 0 unspecified atom stereocenters. The molecule has 8 nitrogen and oxygen atoms in total. The normalized spacial score (nSPS) is 18.2. The van der Waals surface area contributed by atoms with E-state index in [4.69, 9.17) is 11.6 Å². The maximum absolute atomic E-state index is 12.8. The van der Waals surface area contributed by atoms with Gasteiger partial charge in [0.15, 0.2) is 0 Å². The van der Waals surface area contributed by atoms with Crippen LogP contribution >= 0.6 is 11.6 Å². The fourth-order valence-corrected chi connectivity index (χ4v) is 4.13. The molecule has 1 saturated heterocycles. The molecule has 2 aliphatic rings.